The topological polar surface area (TPSA) is 47.6 Å². The van der Waals surface area contributed by atoms with Gasteiger partial charge < -0.3 is 10.5 Å². The molecule has 3 nitrogen and oxygen atoms in total. The highest BCUT2D eigenvalue weighted by atomic mass is 16.5. The third kappa shape index (κ3) is 2.46. The van der Waals surface area contributed by atoms with Gasteiger partial charge in [0.1, 0.15) is 6.10 Å². The van der Waals surface area contributed by atoms with Crippen LogP contribution in [0.1, 0.15) is 31.9 Å². The predicted octanol–water partition coefficient (Wildman–Crippen LogP) is 2.89. The van der Waals surface area contributed by atoms with Gasteiger partial charge >= 0.3 is 0 Å². The van der Waals surface area contributed by atoms with E-state index >= 15 is 0 Å². The first kappa shape index (κ1) is 12.8. The molecule has 0 aromatic heterocycles. The Morgan fingerprint density at radius 2 is 2.06 bits per heavy atom. The van der Waals surface area contributed by atoms with E-state index in [9.17, 15) is 0 Å². The van der Waals surface area contributed by atoms with Gasteiger partial charge in [-0.1, -0.05) is 23.8 Å². The summed E-state index contributed by atoms with van der Waals surface area (Å²) in [4.78, 5) is 4.57. The van der Waals surface area contributed by atoms with Gasteiger partial charge in [0.2, 0.25) is 5.90 Å². The molecule has 18 heavy (non-hydrogen) atoms. The second kappa shape index (κ2) is 4.94. The third-order valence-electron chi connectivity index (χ3n) is 3.18. The average Bonchev–Trinajstić information content (AvgIpc) is 2.32. The van der Waals surface area contributed by atoms with Crippen LogP contribution in [0.15, 0.2) is 34.8 Å². The van der Waals surface area contributed by atoms with E-state index in [0.29, 0.717) is 5.90 Å². The Labute approximate surface area is 108 Å². The first-order valence-electron chi connectivity index (χ1n) is 6.27. The van der Waals surface area contributed by atoms with Crippen LogP contribution >= 0.6 is 0 Å². The largest absolute Gasteiger partial charge is 0.472 e. The zero-order valence-corrected chi connectivity index (χ0v) is 11.4. The summed E-state index contributed by atoms with van der Waals surface area (Å²) in [6, 6.07) is 8.16. The fourth-order valence-electron chi connectivity index (χ4n) is 1.98. The molecule has 2 N–H and O–H groups in total. The van der Waals surface area contributed by atoms with Crippen LogP contribution in [0, 0.1) is 6.92 Å². The van der Waals surface area contributed by atoms with E-state index in [1.807, 2.05) is 19.9 Å². The summed E-state index contributed by atoms with van der Waals surface area (Å²) in [6.07, 6.45) is 0.0269. The Kier molecular flexibility index (Phi) is 3.53. The van der Waals surface area contributed by atoms with Crippen molar-refractivity contribution < 1.29 is 4.74 Å². The highest BCUT2D eigenvalue weighted by molar-refractivity contribution is 5.90. The fourth-order valence-corrected chi connectivity index (χ4v) is 1.98. The third-order valence-corrected chi connectivity index (χ3v) is 3.18. The predicted molar refractivity (Wildman–Crippen MR) is 75.4 cm³/mol. The molecule has 0 saturated carbocycles. The molecule has 1 aromatic carbocycles. The van der Waals surface area contributed by atoms with Crippen molar-refractivity contribution in [2.45, 2.75) is 39.8 Å². The maximum Gasteiger partial charge on any atom is 0.206 e. The minimum atomic E-state index is -0.180. The quantitative estimate of drug-likeness (QED) is 0.869. The molecule has 1 aliphatic heterocycles. The van der Waals surface area contributed by atoms with Crippen molar-refractivity contribution in [2.24, 2.45) is 10.7 Å². The van der Waals surface area contributed by atoms with Gasteiger partial charge in [-0.25, -0.2) is 4.99 Å². The van der Waals surface area contributed by atoms with E-state index in [1.54, 1.807) is 0 Å². The molecule has 0 fully saturated rings. The second-order valence-corrected chi connectivity index (χ2v) is 4.90. The molecule has 2 rings (SSSR count). The van der Waals surface area contributed by atoms with Crippen LogP contribution in [0.5, 0.6) is 0 Å². The highest BCUT2D eigenvalue weighted by Crippen LogP contribution is 2.28. The van der Waals surface area contributed by atoms with Crippen LogP contribution in [0.2, 0.25) is 0 Å². The molecule has 3 heteroatoms. The summed E-state index contributed by atoms with van der Waals surface area (Å²) in [5, 5.41) is 0. The maximum absolute atomic E-state index is 5.87. The lowest BCUT2D eigenvalue weighted by Gasteiger charge is -2.26. The summed E-state index contributed by atoms with van der Waals surface area (Å²) in [5.74, 6) is 0.615. The number of benzene rings is 1. The molecule has 2 atom stereocenters. The maximum atomic E-state index is 5.87. The Hall–Kier alpha value is -1.61. The molecule has 0 amide bonds. The summed E-state index contributed by atoms with van der Waals surface area (Å²) in [6.45, 7) is 8.06. The number of aryl methyl sites for hydroxylation is 1. The summed E-state index contributed by atoms with van der Waals surface area (Å²) < 4.78 is 5.71. The minimum absolute atomic E-state index is 0.0269. The normalized spacial score (nSPS) is 21.4. The molecule has 2 unspecified atom stereocenters. The summed E-state index contributed by atoms with van der Waals surface area (Å²) in [7, 11) is 0. The van der Waals surface area contributed by atoms with Crippen molar-refractivity contribution in [1.82, 2.24) is 0 Å². The van der Waals surface area contributed by atoms with Gasteiger partial charge in [-0.2, -0.15) is 0 Å². The van der Waals surface area contributed by atoms with Crippen LogP contribution in [-0.2, 0) is 4.74 Å². The SMILES string of the molecule is CC1=C(c2cccc(C)c2)N=C(C(C)N)OC1C. The van der Waals surface area contributed by atoms with Crippen LogP contribution in [0.25, 0.3) is 5.70 Å². The Balaban J connectivity index is 2.49. The van der Waals surface area contributed by atoms with E-state index < -0.39 is 0 Å². The van der Waals surface area contributed by atoms with Crippen molar-refractivity contribution in [3.8, 4) is 0 Å². The number of rotatable bonds is 2. The Bertz CT molecular complexity index is 515. The number of hydrogen-bond donors (Lipinski definition) is 1. The van der Waals surface area contributed by atoms with Crippen LogP contribution in [-0.4, -0.2) is 18.0 Å². The van der Waals surface area contributed by atoms with Crippen molar-refractivity contribution in [2.75, 3.05) is 0 Å². The standard InChI is InChI=1S/C15H20N2O/c1-9-6-5-7-13(8-9)14-10(2)12(4)18-15(17-14)11(3)16/h5-8,11-12H,16H2,1-4H3. The molecule has 0 bridgehead atoms. The Morgan fingerprint density at radius 3 is 2.67 bits per heavy atom. The summed E-state index contributed by atoms with van der Waals surface area (Å²) in [5.41, 5.74) is 10.4. The van der Waals surface area contributed by atoms with Crippen molar-refractivity contribution in [3.05, 3.63) is 41.0 Å². The lowest BCUT2D eigenvalue weighted by atomic mass is 10.0. The van der Waals surface area contributed by atoms with E-state index in [1.165, 1.54) is 5.56 Å². The van der Waals surface area contributed by atoms with E-state index in [0.717, 1.165) is 16.8 Å². The van der Waals surface area contributed by atoms with Gasteiger partial charge in [0, 0.05) is 5.56 Å². The monoisotopic (exact) mass is 244 g/mol. The van der Waals surface area contributed by atoms with Crippen molar-refractivity contribution in [1.29, 1.82) is 0 Å². The van der Waals surface area contributed by atoms with Crippen LogP contribution in [0.3, 0.4) is 0 Å². The lowest BCUT2D eigenvalue weighted by Crippen LogP contribution is -2.34. The van der Waals surface area contributed by atoms with Gasteiger partial charge in [-0.05, 0) is 39.3 Å². The van der Waals surface area contributed by atoms with Crippen molar-refractivity contribution >= 4 is 11.6 Å². The van der Waals surface area contributed by atoms with Crippen LogP contribution in [0.4, 0.5) is 0 Å². The number of nitrogens with zero attached hydrogens (tertiary/aromatic N) is 1. The average molecular weight is 244 g/mol. The summed E-state index contributed by atoms with van der Waals surface area (Å²) >= 11 is 0. The Morgan fingerprint density at radius 1 is 1.33 bits per heavy atom. The van der Waals surface area contributed by atoms with Crippen molar-refractivity contribution in [3.63, 3.8) is 0 Å². The smallest absolute Gasteiger partial charge is 0.206 e. The van der Waals surface area contributed by atoms with Gasteiger partial charge in [0.05, 0.1) is 11.7 Å². The number of ether oxygens (including phenoxy) is 1. The number of nitrogens with two attached hydrogens (primary N) is 1. The molecule has 0 saturated heterocycles. The van der Waals surface area contributed by atoms with Gasteiger partial charge in [-0.15, -0.1) is 0 Å². The zero-order chi connectivity index (χ0) is 13.3. The second-order valence-electron chi connectivity index (χ2n) is 4.90. The lowest BCUT2D eigenvalue weighted by molar-refractivity contribution is 0.229. The first-order valence-corrected chi connectivity index (χ1v) is 6.27. The molecule has 0 radical (unpaired) electrons. The molecule has 1 aromatic rings. The molecule has 0 spiro atoms. The fraction of sp³-hybridized carbons (Fsp3) is 0.400. The van der Waals surface area contributed by atoms with Crippen LogP contribution < -0.4 is 5.73 Å². The molecule has 96 valence electrons. The molecular formula is C15H20N2O. The molecular weight excluding hydrogens is 224 g/mol. The number of hydrogen-bond acceptors (Lipinski definition) is 3. The van der Waals surface area contributed by atoms with Gasteiger partial charge in [0.25, 0.3) is 0 Å². The zero-order valence-electron chi connectivity index (χ0n) is 11.4. The molecule has 0 aliphatic carbocycles. The van der Waals surface area contributed by atoms with Gasteiger partial charge in [0.15, 0.2) is 0 Å². The van der Waals surface area contributed by atoms with E-state index in [-0.39, 0.29) is 12.1 Å². The molecule has 1 heterocycles. The molecule has 1 aliphatic rings. The van der Waals surface area contributed by atoms with E-state index in [2.05, 4.69) is 37.0 Å². The van der Waals surface area contributed by atoms with Gasteiger partial charge in [-0.3, -0.25) is 0 Å². The van der Waals surface area contributed by atoms with E-state index in [4.69, 9.17) is 10.5 Å². The highest BCUT2D eigenvalue weighted by Gasteiger charge is 2.22. The first-order chi connectivity index (χ1) is 8.49. The number of aliphatic imine (C=N–C) groups is 1. The minimum Gasteiger partial charge on any atom is -0.472 e.